The molecule has 4 rings (SSSR count). The van der Waals surface area contributed by atoms with Crippen LogP contribution in [0, 0.1) is 0 Å². The number of hydrogen-bond donors (Lipinski definition) is 0. The number of aromatic nitrogens is 3. The van der Waals surface area contributed by atoms with Crippen LogP contribution in [-0.2, 0) is 5.75 Å². The Hall–Kier alpha value is -3.25. The summed E-state index contributed by atoms with van der Waals surface area (Å²) in [6.45, 7) is 2.62. The van der Waals surface area contributed by atoms with Crippen LogP contribution in [0.3, 0.4) is 0 Å². The van der Waals surface area contributed by atoms with Crippen LogP contribution in [0.4, 0.5) is 0 Å². The Kier molecular flexibility index (Phi) is 6.35. The van der Waals surface area contributed by atoms with E-state index in [2.05, 4.69) is 20.8 Å². The van der Waals surface area contributed by atoms with Crippen molar-refractivity contribution in [1.82, 2.24) is 14.8 Å². The SMILES string of the molecule is CCOc1ccc(-n2c(SCc3cccc(OC)c3)nnc2-c2ccccc2)cc1. The molecule has 0 bridgehead atoms. The quantitative estimate of drug-likeness (QED) is 0.348. The molecule has 0 saturated carbocycles. The number of benzene rings is 3. The molecule has 0 fully saturated rings. The Morgan fingerprint density at radius 2 is 1.67 bits per heavy atom. The van der Waals surface area contributed by atoms with Gasteiger partial charge >= 0.3 is 0 Å². The Morgan fingerprint density at radius 1 is 0.867 bits per heavy atom. The number of nitrogens with zero attached hydrogens (tertiary/aromatic N) is 3. The average Bonchev–Trinajstić information content (AvgIpc) is 3.23. The Bertz CT molecular complexity index is 1100. The summed E-state index contributed by atoms with van der Waals surface area (Å²) in [4.78, 5) is 0. The minimum Gasteiger partial charge on any atom is -0.497 e. The molecule has 0 saturated heterocycles. The normalized spacial score (nSPS) is 10.7. The first-order chi connectivity index (χ1) is 14.8. The molecule has 1 heterocycles. The lowest BCUT2D eigenvalue weighted by Crippen LogP contribution is -2.00. The highest BCUT2D eigenvalue weighted by Crippen LogP contribution is 2.31. The van der Waals surface area contributed by atoms with Crippen molar-refractivity contribution in [2.24, 2.45) is 0 Å². The Labute approximate surface area is 180 Å². The van der Waals surface area contributed by atoms with Gasteiger partial charge in [0.2, 0.25) is 0 Å². The Morgan fingerprint density at radius 3 is 2.40 bits per heavy atom. The van der Waals surface area contributed by atoms with Gasteiger partial charge in [0.25, 0.3) is 0 Å². The summed E-state index contributed by atoms with van der Waals surface area (Å²) in [7, 11) is 1.68. The van der Waals surface area contributed by atoms with Gasteiger partial charge in [-0.15, -0.1) is 10.2 Å². The molecule has 0 aliphatic carbocycles. The largest absolute Gasteiger partial charge is 0.497 e. The van der Waals surface area contributed by atoms with Gasteiger partial charge in [-0.2, -0.15) is 0 Å². The summed E-state index contributed by atoms with van der Waals surface area (Å²) >= 11 is 1.65. The van der Waals surface area contributed by atoms with Crippen molar-refractivity contribution in [3.05, 3.63) is 84.4 Å². The van der Waals surface area contributed by atoms with Gasteiger partial charge in [0.05, 0.1) is 13.7 Å². The van der Waals surface area contributed by atoms with E-state index in [9.17, 15) is 0 Å². The van der Waals surface area contributed by atoms with Crippen LogP contribution in [0.15, 0.2) is 84.0 Å². The fraction of sp³-hybridized carbons (Fsp3) is 0.167. The van der Waals surface area contributed by atoms with E-state index in [1.165, 1.54) is 5.56 Å². The van der Waals surface area contributed by atoms with Crippen molar-refractivity contribution in [1.29, 1.82) is 0 Å². The first kappa shape index (κ1) is 20.0. The van der Waals surface area contributed by atoms with Crippen LogP contribution >= 0.6 is 11.8 Å². The van der Waals surface area contributed by atoms with E-state index in [0.29, 0.717) is 6.61 Å². The minimum absolute atomic E-state index is 0.642. The average molecular weight is 418 g/mol. The summed E-state index contributed by atoms with van der Waals surface area (Å²) in [5.41, 5.74) is 3.18. The number of hydrogen-bond acceptors (Lipinski definition) is 5. The van der Waals surface area contributed by atoms with Crippen molar-refractivity contribution in [3.63, 3.8) is 0 Å². The van der Waals surface area contributed by atoms with E-state index < -0.39 is 0 Å². The third-order valence-electron chi connectivity index (χ3n) is 4.57. The van der Waals surface area contributed by atoms with E-state index in [1.54, 1.807) is 18.9 Å². The zero-order chi connectivity index (χ0) is 20.8. The topological polar surface area (TPSA) is 49.2 Å². The number of thioether (sulfide) groups is 1. The fourth-order valence-corrected chi connectivity index (χ4v) is 4.03. The lowest BCUT2D eigenvalue weighted by atomic mass is 10.2. The van der Waals surface area contributed by atoms with E-state index in [1.807, 2.05) is 79.7 Å². The van der Waals surface area contributed by atoms with E-state index in [0.717, 1.165) is 39.5 Å². The molecular formula is C24H23N3O2S. The van der Waals surface area contributed by atoms with Gasteiger partial charge in [-0.3, -0.25) is 4.57 Å². The van der Waals surface area contributed by atoms with Crippen LogP contribution in [-0.4, -0.2) is 28.5 Å². The fourth-order valence-electron chi connectivity index (χ4n) is 3.14. The lowest BCUT2D eigenvalue weighted by Gasteiger charge is -2.12. The third kappa shape index (κ3) is 4.49. The zero-order valence-electron chi connectivity index (χ0n) is 17.0. The van der Waals surface area contributed by atoms with Gasteiger partial charge in [0.1, 0.15) is 11.5 Å². The molecule has 1 aromatic heterocycles. The van der Waals surface area contributed by atoms with Gasteiger partial charge in [0, 0.05) is 17.0 Å². The highest BCUT2D eigenvalue weighted by molar-refractivity contribution is 7.98. The Balaban J connectivity index is 1.68. The van der Waals surface area contributed by atoms with E-state index in [4.69, 9.17) is 9.47 Å². The summed E-state index contributed by atoms with van der Waals surface area (Å²) in [5.74, 6) is 3.28. The molecule has 0 atom stereocenters. The number of ether oxygens (including phenoxy) is 2. The second kappa shape index (κ2) is 9.50. The van der Waals surface area contributed by atoms with Crippen LogP contribution in [0.1, 0.15) is 12.5 Å². The van der Waals surface area contributed by atoms with Crippen molar-refractivity contribution in [3.8, 4) is 28.6 Å². The summed E-state index contributed by atoms with van der Waals surface area (Å²) in [6, 6.07) is 26.2. The highest BCUT2D eigenvalue weighted by atomic mass is 32.2. The predicted molar refractivity (Wildman–Crippen MR) is 121 cm³/mol. The first-order valence-electron chi connectivity index (χ1n) is 9.78. The van der Waals surface area contributed by atoms with Gasteiger partial charge < -0.3 is 9.47 Å². The van der Waals surface area contributed by atoms with Gasteiger partial charge in [-0.05, 0) is 48.9 Å². The molecule has 0 radical (unpaired) electrons. The van der Waals surface area contributed by atoms with Crippen molar-refractivity contribution >= 4 is 11.8 Å². The van der Waals surface area contributed by atoms with E-state index >= 15 is 0 Å². The van der Waals surface area contributed by atoms with Crippen LogP contribution in [0.25, 0.3) is 17.1 Å². The minimum atomic E-state index is 0.642. The second-order valence-electron chi connectivity index (χ2n) is 6.57. The summed E-state index contributed by atoms with van der Waals surface area (Å²) < 4.78 is 13.0. The lowest BCUT2D eigenvalue weighted by molar-refractivity contribution is 0.340. The molecule has 152 valence electrons. The predicted octanol–water partition coefficient (Wildman–Crippen LogP) is 5.63. The van der Waals surface area contributed by atoms with Crippen molar-refractivity contribution in [2.45, 2.75) is 17.8 Å². The van der Waals surface area contributed by atoms with E-state index in [-0.39, 0.29) is 0 Å². The molecule has 3 aromatic carbocycles. The maximum absolute atomic E-state index is 5.59. The van der Waals surface area contributed by atoms with Crippen molar-refractivity contribution in [2.75, 3.05) is 13.7 Å². The van der Waals surface area contributed by atoms with Gasteiger partial charge in [-0.1, -0.05) is 54.2 Å². The maximum atomic E-state index is 5.59. The molecule has 0 amide bonds. The molecule has 5 nitrogen and oxygen atoms in total. The monoisotopic (exact) mass is 417 g/mol. The molecular weight excluding hydrogens is 394 g/mol. The number of rotatable bonds is 8. The molecule has 0 spiro atoms. The van der Waals surface area contributed by atoms with Crippen LogP contribution < -0.4 is 9.47 Å². The molecule has 0 aliphatic rings. The van der Waals surface area contributed by atoms with Gasteiger partial charge in [-0.25, -0.2) is 0 Å². The van der Waals surface area contributed by atoms with Crippen LogP contribution in [0.5, 0.6) is 11.5 Å². The summed E-state index contributed by atoms with van der Waals surface area (Å²) in [5, 5.41) is 9.84. The highest BCUT2D eigenvalue weighted by Gasteiger charge is 2.16. The summed E-state index contributed by atoms with van der Waals surface area (Å²) in [6.07, 6.45) is 0. The standard InChI is InChI=1S/C24H23N3O2S/c1-3-29-21-14-12-20(13-15-21)27-23(19-9-5-4-6-10-19)25-26-24(27)30-17-18-8-7-11-22(16-18)28-2/h4-16H,3,17H2,1-2H3. The number of methoxy groups -OCH3 is 1. The molecule has 0 aliphatic heterocycles. The second-order valence-corrected chi connectivity index (χ2v) is 7.52. The first-order valence-corrected chi connectivity index (χ1v) is 10.8. The van der Waals surface area contributed by atoms with Gasteiger partial charge in [0.15, 0.2) is 11.0 Å². The third-order valence-corrected chi connectivity index (χ3v) is 5.57. The molecule has 4 aromatic rings. The zero-order valence-corrected chi connectivity index (χ0v) is 17.8. The molecule has 0 N–H and O–H groups in total. The maximum Gasteiger partial charge on any atom is 0.196 e. The van der Waals surface area contributed by atoms with Crippen LogP contribution in [0.2, 0.25) is 0 Å². The smallest absolute Gasteiger partial charge is 0.196 e. The molecule has 30 heavy (non-hydrogen) atoms. The molecule has 0 unspecified atom stereocenters. The van der Waals surface area contributed by atoms with Crippen molar-refractivity contribution < 1.29 is 9.47 Å². The molecule has 6 heteroatoms.